The second kappa shape index (κ2) is 5.12. The molecule has 0 spiro atoms. The number of aryl methyl sites for hydroxylation is 2. The van der Waals surface area contributed by atoms with E-state index in [0.29, 0.717) is 5.56 Å². The summed E-state index contributed by atoms with van der Waals surface area (Å²) in [5.41, 5.74) is 5.25. The van der Waals surface area contributed by atoms with Crippen LogP contribution in [0.3, 0.4) is 0 Å². The quantitative estimate of drug-likeness (QED) is 0.768. The van der Waals surface area contributed by atoms with Crippen LogP contribution in [0.1, 0.15) is 45.6 Å². The predicted octanol–water partition coefficient (Wildman–Crippen LogP) is 4.01. The number of fused-ring (bicyclic) bond motifs is 1. The van der Waals surface area contributed by atoms with Gasteiger partial charge >= 0.3 is 5.97 Å². The highest BCUT2D eigenvalue weighted by Gasteiger charge is 2.27. The number of benzene rings is 2. The SMILES string of the molecule is CCc1ccc(C2Cc3ccc(C)cc3C(=O)O2)cc1. The fourth-order valence-electron chi connectivity index (χ4n) is 2.65. The molecule has 0 amide bonds. The lowest BCUT2D eigenvalue weighted by Crippen LogP contribution is -2.21. The molecule has 2 aromatic carbocycles. The van der Waals surface area contributed by atoms with Crippen molar-refractivity contribution in [1.82, 2.24) is 0 Å². The van der Waals surface area contributed by atoms with E-state index in [2.05, 4.69) is 37.3 Å². The summed E-state index contributed by atoms with van der Waals surface area (Å²) in [5.74, 6) is -0.209. The van der Waals surface area contributed by atoms with Gasteiger partial charge in [-0.3, -0.25) is 0 Å². The van der Waals surface area contributed by atoms with Gasteiger partial charge in [0.05, 0.1) is 5.56 Å². The Morgan fingerprint density at radius 1 is 1.15 bits per heavy atom. The summed E-state index contributed by atoms with van der Waals surface area (Å²) in [6.45, 7) is 4.12. The molecule has 2 nitrogen and oxygen atoms in total. The van der Waals surface area contributed by atoms with E-state index in [1.807, 2.05) is 19.1 Å². The number of rotatable bonds is 2. The van der Waals surface area contributed by atoms with E-state index in [4.69, 9.17) is 4.74 Å². The van der Waals surface area contributed by atoms with Gasteiger partial charge in [-0.25, -0.2) is 4.79 Å². The number of esters is 1. The number of ether oxygens (including phenoxy) is 1. The molecule has 0 radical (unpaired) electrons. The third-order valence-electron chi connectivity index (χ3n) is 3.90. The van der Waals surface area contributed by atoms with Gasteiger partial charge in [-0.1, -0.05) is 48.9 Å². The average Bonchev–Trinajstić information content (AvgIpc) is 2.48. The average molecular weight is 266 g/mol. The molecule has 2 aromatic rings. The van der Waals surface area contributed by atoms with E-state index in [0.717, 1.165) is 29.5 Å². The Labute approximate surface area is 119 Å². The molecule has 0 N–H and O–H groups in total. The number of carbonyl (C=O) groups excluding carboxylic acids is 1. The summed E-state index contributed by atoms with van der Waals surface area (Å²) in [6, 6.07) is 14.3. The smallest absolute Gasteiger partial charge is 0.339 e. The highest BCUT2D eigenvalue weighted by molar-refractivity contribution is 5.92. The van der Waals surface area contributed by atoms with Gasteiger partial charge in [0.2, 0.25) is 0 Å². The fourth-order valence-corrected chi connectivity index (χ4v) is 2.65. The zero-order valence-corrected chi connectivity index (χ0v) is 11.8. The van der Waals surface area contributed by atoms with Crippen LogP contribution >= 0.6 is 0 Å². The number of hydrogen-bond donors (Lipinski definition) is 0. The van der Waals surface area contributed by atoms with Crippen LogP contribution in [-0.2, 0) is 17.6 Å². The van der Waals surface area contributed by atoms with Gasteiger partial charge in [-0.2, -0.15) is 0 Å². The molecule has 2 heteroatoms. The Morgan fingerprint density at radius 3 is 2.60 bits per heavy atom. The second-order valence-corrected chi connectivity index (χ2v) is 5.35. The number of hydrogen-bond acceptors (Lipinski definition) is 2. The van der Waals surface area contributed by atoms with Crippen LogP contribution in [0.4, 0.5) is 0 Å². The van der Waals surface area contributed by atoms with E-state index in [9.17, 15) is 4.79 Å². The van der Waals surface area contributed by atoms with Gasteiger partial charge in [0.15, 0.2) is 0 Å². The second-order valence-electron chi connectivity index (χ2n) is 5.35. The highest BCUT2D eigenvalue weighted by atomic mass is 16.5. The third-order valence-corrected chi connectivity index (χ3v) is 3.90. The van der Waals surface area contributed by atoms with Gasteiger partial charge in [-0.05, 0) is 36.1 Å². The molecule has 0 saturated heterocycles. The van der Waals surface area contributed by atoms with E-state index >= 15 is 0 Å². The van der Waals surface area contributed by atoms with Gasteiger partial charge < -0.3 is 4.74 Å². The van der Waals surface area contributed by atoms with Crippen LogP contribution in [0.5, 0.6) is 0 Å². The maximum Gasteiger partial charge on any atom is 0.339 e. The van der Waals surface area contributed by atoms with Crippen LogP contribution in [0.15, 0.2) is 42.5 Å². The first-order valence-corrected chi connectivity index (χ1v) is 7.06. The van der Waals surface area contributed by atoms with Gasteiger partial charge in [0.25, 0.3) is 0 Å². The van der Waals surface area contributed by atoms with Crippen molar-refractivity contribution in [2.75, 3.05) is 0 Å². The minimum Gasteiger partial charge on any atom is -0.454 e. The topological polar surface area (TPSA) is 26.3 Å². The molecule has 3 rings (SSSR count). The van der Waals surface area contributed by atoms with E-state index in [-0.39, 0.29) is 12.1 Å². The number of carbonyl (C=O) groups is 1. The molecule has 1 unspecified atom stereocenters. The minimum atomic E-state index is -0.209. The molecule has 1 atom stereocenters. The summed E-state index contributed by atoms with van der Waals surface area (Å²) < 4.78 is 5.59. The monoisotopic (exact) mass is 266 g/mol. The first-order chi connectivity index (χ1) is 9.67. The first kappa shape index (κ1) is 12.9. The Balaban J connectivity index is 1.90. The van der Waals surface area contributed by atoms with Crippen LogP contribution in [-0.4, -0.2) is 5.97 Å². The standard InChI is InChI=1S/C18H18O2/c1-3-13-5-8-14(9-6-13)17-11-15-7-4-12(2)10-16(15)18(19)20-17/h4-10,17H,3,11H2,1-2H3. The van der Waals surface area contributed by atoms with Crippen LogP contribution < -0.4 is 0 Å². The Morgan fingerprint density at radius 2 is 1.90 bits per heavy atom. The molecule has 0 aliphatic carbocycles. The molecular weight excluding hydrogens is 248 g/mol. The molecule has 1 aliphatic heterocycles. The maximum absolute atomic E-state index is 12.1. The molecule has 1 heterocycles. The van der Waals surface area contributed by atoms with Crippen molar-refractivity contribution in [1.29, 1.82) is 0 Å². The lowest BCUT2D eigenvalue weighted by Gasteiger charge is -2.25. The summed E-state index contributed by atoms with van der Waals surface area (Å²) >= 11 is 0. The van der Waals surface area contributed by atoms with Crippen molar-refractivity contribution in [3.8, 4) is 0 Å². The molecule has 0 saturated carbocycles. The largest absolute Gasteiger partial charge is 0.454 e. The van der Waals surface area contributed by atoms with Gasteiger partial charge in [-0.15, -0.1) is 0 Å². The third kappa shape index (κ3) is 2.34. The molecule has 102 valence electrons. The summed E-state index contributed by atoms with van der Waals surface area (Å²) in [6.07, 6.45) is 1.61. The van der Waals surface area contributed by atoms with E-state index in [1.54, 1.807) is 0 Å². The van der Waals surface area contributed by atoms with Crippen LogP contribution in [0.25, 0.3) is 0 Å². The highest BCUT2D eigenvalue weighted by Crippen LogP contribution is 2.31. The maximum atomic E-state index is 12.1. The normalized spacial score (nSPS) is 17.5. The van der Waals surface area contributed by atoms with Crippen molar-refractivity contribution in [3.05, 3.63) is 70.3 Å². The lowest BCUT2D eigenvalue weighted by molar-refractivity contribution is 0.0252. The molecule has 1 aliphatic rings. The number of cyclic esters (lactones) is 1. The van der Waals surface area contributed by atoms with Crippen LogP contribution in [0, 0.1) is 6.92 Å². The van der Waals surface area contributed by atoms with Crippen molar-refractivity contribution >= 4 is 5.97 Å². The Hall–Kier alpha value is -2.09. The van der Waals surface area contributed by atoms with Gasteiger partial charge in [0, 0.05) is 6.42 Å². The zero-order chi connectivity index (χ0) is 14.1. The van der Waals surface area contributed by atoms with Crippen molar-refractivity contribution in [3.63, 3.8) is 0 Å². The van der Waals surface area contributed by atoms with Crippen molar-refractivity contribution < 1.29 is 9.53 Å². The van der Waals surface area contributed by atoms with Crippen molar-refractivity contribution in [2.24, 2.45) is 0 Å². The lowest BCUT2D eigenvalue weighted by atomic mass is 9.93. The Bertz CT molecular complexity index is 641. The molecule has 0 bridgehead atoms. The summed E-state index contributed by atoms with van der Waals surface area (Å²) in [7, 11) is 0. The minimum absolute atomic E-state index is 0.163. The van der Waals surface area contributed by atoms with Gasteiger partial charge in [0.1, 0.15) is 6.10 Å². The fraction of sp³-hybridized carbons (Fsp3) is 0.278. The van der Waals surface area contributed by atoms with Crippen molar-refractivity contribution in [2.45, 2.75) is 32.8 Å². The molecular formula is C18H18O2. The Kier molecular flexibility index (Phi) is 3.31. The zero-order valence-electron chi connectivity index (χ0n) is 11.8. The first-order valence-electron chi connectivity index (χ1n) is 7.06. The summed E-state index contributed by atoms with van der Waals surface area (Å²) in [4.78, 5) is 12.1. The molecule has 0 aromatic heterocycles. The summed E-state index contributed by atoms with van der Waals surface area (Å²) in [5, 5.41) is 0. The van der Waals surface area contributed by atoms with E-state index in [1.165, 1.54) is 5.56 Å². The van der Waals surface area contributed by atoms with Crippen LogP contribution in [0.2, 0.25) is 0 Å². The molecule has 0 fully saturated rings. The van der Waals surface area contributed by atoms with E-state index < -0.39 is 0 Å². The predicted molar refractivity (Wildman–Crippen MR) is 78.9 cm³/mol. The molecule has 20 heavy (non-hydrogen) atoms.